The zero-order valence-electron chi connectivity index (χ0n) is 17.6. The number of nitrogens with one attached hydrogen (secondary N) is 1. The highest BCUT2D eigenvalue weighted by Gasteiger charge is 2.30. The standard InChI is InChI=1S/C25H26N2O4/c1-15-22(28)11-10-21-18(12-23(29)31-24(15)21)14-27(20-8-9-20)13-16-2-4-17(5-3-16)25(30)26-19-6-7-19/h2-5,10-12,19-20,28H,6-9,13-14H2,1H3,(H,26,30). The molecular formula is C25H26N2O4. The predicted molar refractivity (Wildman–Crippen MR) is 118 cm³/mol. The molecule has 1 amide bonds. The maximum Gasteiger partial charge on any atom is 0.336 e. The number of phenols is 1. The molecule has 2 saturated carbocycles. The summed E-state index contributed by atoms with van der Waals surface area (Å²) in [5, 5.41) is 13.9. The summed E-state index contributed by atoms with van der Waals surface area (Å²) in [6, 6.07) is 13.6. The average Bonchev–Trinajstić information content (AvgIpc) is 3.66. The number of aryl methyl sites for hydroxylation is 1. The van der Waals surface area contributed by atoms with E-state index in [1.54, 1.807) is 19.1 Å². The van der Waals surface area contributed by atoms with E-state index in [1.165, 1.54) is 0 Å². The number of hydrogen-bond donors (Lipinski definition) is 2. The van der Waals surface area contributed by atoms with E-state index in [1.807, 2.05) is 30.3 Å². The zero-order chi connectivity index (χ0) is 21.5. The minimum absolute atomic E-state index is 0.00537. The Bertz CT molecular complexity index is 1190. The van der Waals surface area contributed by atoms with E-state index in [-0.39, 0.29) is 11.7 Å². The molecule has 2 aliphatic carbocycles. The summed E-state index contributed by atoms with van der Waals surface area (Å²) in [5.74, 6) is 0.117. The van der Waals surface area contributed by atoms with Crippen LogP contribution in [-0.2, 0) is 13.1 Å². The molecule has 1 heterocycles. The lowest BCUT2D eigenvalue weighted by atomic mass is 10.1. The van der Waals surface area contributed by atoms with E-state index in [9.17, 15) is 14.7 Å². The maximum absolute atomic E-state index is 12.2. The van der Waals surface area contributed by atoms with Gasteiger partial charge in [-0.2, -0.15) is 0 Å². The van der Waals surface area contributed by atoms with Crippen LogP contribution >= 0.6 is 0 Å². The minimum Gasteiger partial charge on any atom is -0.508 e. The lowest BCUT2D eigenvalue weighted by Gasteiger charge is -2.23. The first-order valence-corrected chi connectivity index (χ1v) is 10.9. The molecule has 31 heavy (non-hydrogen) atoms. The Morgan fingerprint density at radius 1 is 1.10 bits per heavy atom. The van der Waals surface area contributed by atoms with Crippen LogP contribution < -0.4 is 10.9 Å². The van der Waals surface area contributed by atoms with Gasteiger partial charge in [0, 0.05) is 47.8 Å². The first-order chi connectivity index (χ1) is 15.0. The monoisotopic (exact) mass is 418 g/mol. The molecule has 0 aliphatic heterocycles. The van der Waals surface area contributed by atoms with Crippen molar-refractivity contribution in [3.05, 3.63) is 75.1 Å². The van der Waals surface area contributed by atoms with Crippen LogP contribution in [0, 0.1) is 6.92 Å². The Kier molecular flexibility index (Phi) is 5.02. The van der Waals surface area contributed by atoms with Gasteiger partial charge in [-0.3, -0.25) is 9.69 Å². The molecule has 5 rings (SSSR count). The summed E-state index contributed by atoms with van der Waals surface area (Å²) in [6.07, 6.45) is 4.43. The zero-order valence-corrected chi connectivity index (χ0v) is 17.6. The molecule has 0 saturated heterocycles. The second kappa shape index (κ2) is 7.85. The molecule has 2 aromatic carbocycles. The molecule has 0 bridgehead atoms. The van der Waals surface area contributed by atoms with E-state index in [2.05, 4.69) is 10.2 Å². The molecule has 160 valence electrons. The van der Waals surface area contributed by atoms with Gasteiger partial charge < -0.3 is 14.8 Å². The van der Waals surface area contributed by atoms with Crippen LogP contribution in [0.3, 0.4) is 0 Å². The van der Waals surface area contributed by atoms with Crippen molar-refractivity contribution < 1.29 is 14.3 Å². The topological polar surface area (TPSA) is 82.8 Å². The molecule has 0 unspecified atom stereocenters. The summed E-state index contributed by atoms with van der Waals surface area (Å²) < 4.78 is 5.39. The van der Waals surface area contributed by atoms with E-state index in [4.69, 9.17) is 4.42 Å². The van der Waals surface area contributed by atoms with Crippen LogP contribution in [-0.4, -0.2) is 28.0 Å². The van der Waals surface area contributed by atoms with Crippen molar-refractivity contribution in [2.45, 2.75) is 57.8 Å². The molecule has 2 aliphatic rings. The Morgan fingerprint density at radius 3 is 2.52 bits per heavy atom. The molecule has 2 fully saturated rings. The lowest BCUT2D eigenvalue weighted by Crippen LogP contribution is -2.26. The average molecular weight is 418 g/mol. The number of rotatable bonds is 7. The van der Waals surface area contributed by atoms with Crippen LogP contribution in [0.25, 0.3) is 11.0 Å². The number of hydrogen-bond acceptors (Lipinski definition) is 5. The molecule has 0 atom stereocenters. The van der Waals surface area contributed by atoms with Crippen LogP contribution in [0.1, 0.15) is 52.7 Å². The molecule has 6 nitrogen and oxygen atoms in total. The number of nitrogens with zero attached hydrogens (tertiary/aromatic N) is 1. The number of phenolic OH excluding ortho intramolecular Hbond substituents is 1. The van der Waals surface area contributed by atoms with Gasteiger partial charge in [-0.15, -0.1) is 0 Å². The summed E-state index contributed by atoms with van der Waals surface area (Å²) in [5.41, 5.74) is 3.35. The normalized spacial score (nSPS) is 16.1. The SMILES string of the molecule is Cc1c(O)ccc2c(CN(Cc3ccc(C(=O)NC4CC4)cc3)C3CC3)cc(=O)oc12. The molecule has 6 heteroatoms. The number of amides is 1. The van der Waals surface area contributed by atoms with E-state index >= 15 is 0 Å². The van der Waals surface area contributed by atoms with Crippen molar-refractivity contribution in [3.8, 4) is 5.75 Å². The number of carbonyl (C=O) groups is 1. The van der Waals surface area contributed by atoms with Crippen molar-refractivity contribution in [1.29, 1.82) is 0 Å². The van der Waals surface area contributed by atoms with Crippen molar-refractivity contribution in [2.75, 3.05) is 0 Å². The summed E-state index contributed by atoms with van der Waals surface area (Å²) in [4.78, 5) is 26.8. The molecule has 0 radical (unpaired) electrons. The van der Waals surface area contributed by atoms with Gasteiger partial charge in [-0.25, -0.2) is 4.79 Å². The Balaban J connectivity index is 1.37. The highest BCUT2D eigenvalue weighted by Crippen LogP contribution is 2.33. The summed E-state index contributed by atoms with van der Waals surface area (Å²) in [6.45, 7) is 3.12. The highest BCUT2D eigenvalue weighted by molar-refractivity contribution is 5.94. The second-order valence-corrected chi connectivity index (χ2v) is 8.76. The fourth-order valence-corrected chi connectivity index (χ4v) is 4.01. The van der Waals surface area contributed by atoms with Gasteiger partial charge in [-0.1, -0.05) is 12.1 Å². The quantitative estimate of drug-likeness (QED) is 0.569. The predicted octanol–water partition coefficient (Wildman–Crippen LogP) is 3.86. The van der Waals surface area contributed by atoms with Gasteiger partial charge in [0.15, 0.2) is 0 Å². The van der Waals surface area contributed by atoms with Gasteiger partial charge in [0.25, 0.3) is 5.91 Å². The first-order valence-electron chi connectivity index (χ1n) is 10.9. The van der Waals surface area contributed by atoms with Crippen LogP contribution in [0.5, 0.6) is 5.75 Å². The van der Waals surface area contributed by atoms with Gasteiger partial charge in [0.2, 0.25) is 0 Å². The van der Waals surface area contributed by atoms with E-state index < -0.39 is 5.63 Å². The van der Waals surface area contributed by atoms with Gasteiger partial charge in [0.05, 0.1) is 0 Å². The smallest absolute Gasteiger partial charge is 0.336 e. The molecule has 3 aromatic rings. The third kappa shape index (κ3) is 4.35. The number of aromatic hydroxyl groups is 1. The minimum atomic E-state index is -0.405. The Hall–Kier alpha value is -3.12. The second-order valence-electron chi connectivity index (χ2n) is 8.76. The molecule has 0 spiro atoms. The fraction of sp³-hybridized carbons (Fsp3) is 0.360. The van der Waals surface area contributed by atoms with Gasteiger partial charge >= 0.3 is 5.63 Å². The van der Waals surface area contributed by atoms with E-state index in [0.29, 0.717) is 35.3 Å². The Morgan fingerprint density at radius 2 is 1.84 bits per heavy atom. The number of benzene rings is 2. The van der Waals surface area contributed by atoms with E-state index in [0.717, 1.165) is 48.7 Å². The molecule has 2 N–H and O–H groups in total. The maximum atomic E-state index is 12.2. The van der Waals surface area contributed by atoms with Crippen molar-refractivity contribution in [3.63, 3.8) is 0 Å². The molecular weight excluding hydrogens is 392 g/mol. The van der Waals surface area contributed by atoms with Crippen molar-refractivity contribution in [2.24, 2.45) is 0 Å². The van der Waals surface area contributed by atoms with Gasteiger partial charge in [0.1, 0.15) is 11.3 Å². The fourth-order valence-electron chi connectivity index (χ4n) is 4.01. The van der Waals surface area contributed by atoms with Crippen LogP contribution in [0.15, 0.2) is 51.7 Å². The van der Waals surface area contributed by atoms with Crippen molar-refractivity contribution in [1.82, 2.24) is 10.2 Å². The van der Waals surface area contributed by atoms with Gasteiger partial charge in [-0.05, 0) is 68.0 Å². The first kappa shape index (κ1) is 19.8. The third-order valence-corrected chi connectivity index (χ3v) is 6.17. The highest BCUT2D eigenvalue weighted by atomic mass is 16.4. The third-order valence-electron chi connectivity index (χ3n) is 6.17. The summed E-state index contributed by atoms with van der Waals surface area (Å²) in [7, 11) is 0. The van der Waals surface area contributed by atoms with Crippen molar-refractivity contribution >= 4 is 16.9 Å². The number of fused-ring (bicyclic) bond motifs is 1. The largest absolute Gasteiger partial charge is 0.508 e. The molecule has 1 aromatic heterocycles. The number of carbonyl (C=O) groups excluding carboxylic acids is 1. The summed E-state index contributed by atoms with van der Waals surface area (Å²) >= 11 is 0. The van der Waals surface area contributed by atoms with Crippen LogP contribution in [0.4, 0.5) is 0 Å². The lowest BCUT2D eigenvalue weighted by molar-refractivity contribution is 0.0951. The Labute approximate surface area is 180 Å². The van der Waals surface area contributed by atoms with Crippen LogP contribution in [0.2, 0.25) is 0 Å².